The Balaban J connectivity index is 1.45. The second-order valence-corrected chi connectivity index (χ2v) is 8.60. The van der Waals surface area contributed by atoms with Crippen molar-refractivity contribution in [2.45, 2.75) is 31.9 Å². The molecule has 1 aliphatic rings. The molecule has 2 heterocycles. The van der Waals surface area contributed by atoms with E-state index in [2.05, 4.69) is 11.4 Å². The number of aromatic nitrogens is 1. The van der Waals surface area contributed by atoms with Crippen LogP contribution in [0, 0.1) is 18.3 Å². The first kappa shape index (κ1) is 24.0. The summed E-state index contributed by atoms with van der Waals surface area (Å²) in [7, 11) is 1.66. The summed E-state index contributed by atoms with van der Waals surface area (Å²) in [6, 6.07) is 12.8. The predicted octanol–water partition coefficient (Wildman–Crippen LogP) is 2.43. The summed E-state index contributed by atoms with van der Waals surface area (Å²) in [4.78, 5) is 36.9. The van der Waals surface area contributed by atoms with Gasteiger partial charge in [0.2, 0.25) is 0 Å². The van der Waals surface area contributed by atoms with Crippen molar-refractivity contribution in [2.24, 2.45) is 7.05 Å². The van der Waals surface area contributed by atoms with Crippen molar-refractivity contribution in [3.05, 3.63) is 58.1 Å². The number of carbonyl (C=O) groups excluding carboxylic acids is 1. The quantitative estimate of drug-likeness (QED) is 0.574. The number of amides is 2. The molecular weight excluding hydrogens is 452 g/mol. The summed E-state index contributed by atoms with van der Waals surface area (Å²) >= 11 is 0. The van der Waals surface area contributed by atoms with Gasteiger partial charge in [-0.2, -0.15) is 5.26 Å². The third-order valence-corrected chi connectivity index (χ3v) is 6.12. The third-order valence-electron chi connectivity index (χ3n) is 6.12. The monoisotopic (exact) mass is 478 g/mol. The second-order valence-electron chi connectivity index (χ2n) is 8.60. The summed E-state index contributed by atoms with van der Waals surface area (Å²) in [6.45, 7) is 2.40. The number of nitrogens with one attached hydrogen (secondary N) is 1. The zero-order valence-corrected chi connectivity index (χ0v) is 19.5. The topological polar surface area (TPSA) is 138 Å². The largest absolute Gasteiger partial charge is 0.465 e. The Hall–Kier alpha value is -4.10. The smallest absolute Gasteiger partial charge is 0.419 e. The molecule has 10 heteroatoms. The van der Waals surface area contributed by atoms with E-state index in [1.165, 1.54) is 4.57 Å². The molecule has 0 radical (unpaired) electrons. The zero-order valence-electron chi connectivity index (χ0n) is 19.5. The number of hydrogen-bond donors (Lipinski definition) is 2. The molecule has 2 amide bonds. The molecule has 2 atom stereocenters. The highest BCUT2D eigenvalue weighted by Crippen LogP contribution is 2.27. The number of benzene rings is 2. The number of ether oxygens (including phenoxy) is 1. The molecule has 35 heavy (non-hydrogen) atoms. The molecule has 0 saturated carbocycles. The first-order chi connectivity index (χ1) is 16.8. The van der Waals surface area contributed by atoms with Crippen LogP contribution in [0.3, 0.4) is 0 Å². The molecule has 2 aromatic carbocycles. The van der Waals surface area contributed by atoms with Crippen molar-refractivity contribution in [3.8, 4) is 17.2 Å². The van der Waals surface area contributed by atoms with Crippen LogP contribution in [0.4, 0.5) is 4.79 Å². The third kappa shape index (κ3) is 5.20. The number of fused-ring (bicyclic) bond motifs is 1. The molecule has 182 valence electrons. The summed E-state index contributed by atoms with van der Waals surface area (Å²) in [5, 5.41) is 21.5. The molecular formula is C25H26N4O6. The molecule has 0 bridgehead atoms. The maximum Gasteiger partial charge on any atom is 0.419 e. The summed E-state index contributed by atoms with van der Waals surface area (Å²) in [6.07, 6.45) is -1.27. The van der Waals surface area contributed by atoms with Gasteiger partial charge in [-0.1, -0.05) is 24.3 Å². The van der Waals surface area contributed by atoms with E-state index in [4.69, 9.17) is 9.15 Å². The van der Waals surface area contributed by atoms with E-state index in [1.807, 2.05) is 43.3 Å². The van der Waals surface area contributed by atoms with E-state index in [1.54, 1.807) is 7.05 Å². The maximum atomic E-state index is 12.6. The van der Waals surface area contributed by atoms with Crippen LogP contribution in [-0.2, 0) is 23.0 Å². The minimum Gasteiger partial charge on any atom is -0.465 e. The Morgan fingerprint density at radius 3 is 2.69 bits per heavy atom. The van der Waals surface area contributed by atoms with Crippen molar-refractivity contribution >= 4 is 23.1 Å². The summed E-state index contributed by atoms with van der Waals surface area (Å²) < 4.78 is 12.3. The van der Waals surface area contributed by atoms with Gasteiger partial charge in [0, 0.05) is 26.6 Å². The zero-order chi connectivity index (χ0) is 25.1. The average molecular weight is 479 g/mol. The fourth-order valence-corrected chi connectivity index (χ4v) is 4.18. The normalized spacial score (nSPS) is 16.9. The van der Waals surface area contributed by atoms with Gasteiger partial charge in [0.25, 0.3) is 5.91 Å². The summed E-state index contributed by atoms with van der Waals surface area (Å²) in [5.41, 5.74) is 4.84. The standard InChI is InChI=1S/C25H26N4O6/c1-15-10-18(12-20-22(15)35-25(33)28(20)2)17-6-4-16(5-7-17)11-19(13-26)27-23(30)21-14-29(24(31)32)8-3-9-34-21/h4-7,10,12,19,21H,3,8-9,11,14H2,1-2H3,(H,27,30)(H,31,32)/t19-,21?/m0/s1. The molecule has 0 aliphatic carbocycles. The van der Waals surface area contributed by atoms with Crippen molar-refractivity contribution in [1.29, 1.82) is 5.26 Å². The van der Waals surface area contributed by atoms with E-state index in [0.717, 1.165) is 27.2 Å². The number of oxazole rings is 1. The number of rotatable bonds is 5. The molecule has 3 aromatic rings. The van der Waals surface area contributed by atoms with Crippen LogP contribution in [0.2, 0.25) is 0 Å². The number of carboxylic acid groups (broad SMARTS) is 1. The molecule has 1 unspecified atom stereocenters. The Labute approximate surface area is 201 Å². The van der Waals surface area contributed by atoms with Crippen LogP contribution in [0.15, 0.2) is 45.6 Å². The minimum atomic E-state index is -1.10. The average Bonchev–Trinajstić information content (AvgIpc) is 3.01. The van der Waals surface area contributed by atoms with Gasteiger partial charge in [-0.15, -0.1) is 0 Å². The maximum absolute atomic E-state index is 12.6. The molecule has 10 nitrogen and oxygen atoms in total. The predicted molar refractivity (Wildman–Crippen MR) is 127 cm³/mol. The van der Waals surface area contributed by atoms with Crippen LogP contribution in [0.5, 0.6) is 0 Å². The number of carbonyl (C=O) groups is 2. The lowest BCUT2D eigenvalue weighted by Crippen LogP contribution is -2.47. The second kappa shape index (κ2) is 10.0. The van der Waals surface area contributed by atoms with Crippen LogP contribution in [-0.4, -0.2) is 58.4 Å². The van der Waals surface area contributed by atoms with Gasteiger partial charge in [-0.25, -0.2) is 9.59 Å². The molecule has 1 saturated heterocycles. The minimum absolute atomic E-state index is 0.0694. The van der Waals surface area contributed by atoms with E-state index in [-0.39, 0.29) is 19.6 Å². The van der Waals surface area contributed by atoms with E-state index < -0.39 is 29.9 Å². The van der Waals surface area contributed by atoms with Gasteiger partial charge in [0.05, 0.1) is 18.1 Å². The molecule has 1 aliphatic heterocycles. The molecule has 4 rings (SSSR count). The Bertz CT molecular complexity index is 1350. The van der Waals surface area contributed by atoms with E-state index in [9.17, 15) is 24.8 Å². The highest BCUT2D eigenvalue weighted by molar-refractivity contribution is 5.84. The van der Waals surface area contributed by atoms with Gasteiger partial charge >= 0.3 is 11.8 Å². The lowest BCUT2D eigenvalue weighted by molar-refractivity contribution is -0.133. The highest BCUT2D eigenvalue weighted by Gasteiger charge is 2.29. The van der Waals surface area contributed by atoms with Crippen molar-refractivity contribution in [2.75, 3.05) is 19.7 Å². The number of aryl methyl sites for hydroxylation is 2. The Kier molecular flexibility index (Phi) is 6.89. The first-order valence-corrected chi connectivity index (χ1v) is 11.3. The van der Waals surface area contributed by atoms with Crippen LogP contribution in [0.1, 0.15) is 17.5 Å². The molecule has 1 fully saturated rings. The van der Waals surface area contributed by atoms with Crippen molar-refractivity contribution in [1.82, 2.24) is 14.8 Å². The highest BCUT2D eigenvalue weighted by atomic mass is 16.5. The fraction of sp³-hybridized carbons (Fsp3) is 0.360. The summed E-state index contributed by atoms with van der Waals surface area (Å²) in [5.74, 6) is -0.916. The molecule has 2 N–H and O–H groups in total. The Morgan fingerprint density at radius 1 is 1.26 bits per heavy atom. The van der Waals surface area contributed by atoms with Gasteiger partial charge in [0.15, 0.2) is 11.7 Å². The fourth-order valence-electron chi connectivity index (χ4n) is 4.18. The van der Waals surface area contributed by atoms with Gasteiger partial charge in [-0.05, 0) is 47.7 Å². The Morgan fingerprint density at radius 2 is 2.00 bits per heavy atom. The number of nitriles is 1. The first-order valence-electron chi connectivity index (χ1n) is 11.3. The lowest BCUT2D eigenvalue weighted by atomic mass is 9.99. The van der Waals surface area contributed by atoms with Crippen LogP contribution < -0.4 is 11.1 Å². The molecule has 1 aromatic heterocycles. The SMILES string of the molecule is Cc1cc(-c2ccc(C[C@@H](C#N)NC(=O)C3CN(C(=O)O)CCCO3)cc2)cc2c1oc(=O)n2C. The number of nitrogens with zero attached hydrogens (tertiary/aromatic N) is 3. The van der Waals surface area contributed by atoms with Gasteiger partial charge in [-0.3, -0.25) is 9.36 Å². The van der Waals surface area contributed by atoms with Crippen LogP contribution >= 0.6 is 0 Å². The number of hydrogen-bond acceptors (Lipinski definition) is 6. The van der Waals surface area contributed by atoms with Crippen LogP contribution in [0.25, 0.3) is 22.2 Å². The van der Waals surface area contributed by atoms with E-state index in [0.29, 0.717) is 24.1 Å². The van der Waals surface area contributed by atoms with Gasteiger partial charge < -0.3 is 24.5 Å². The lowest BCUT2D eigenvalue weighted by Gasteiger charge is -2.22. The van der Waals surface area contributed by atoms with Gasteiger partial charge in [0.1, 0.15) is 6.04 Å². The van der Waals surface area contributed by atoms with Crippen molar-refractivity contribution in [3.63, 3.8) is 0 Å². The molecule has 0 spiro atoms. The van der Waals surface area contributed by atoms with Crippen molar-refractivity contribution < 1.29 is 23.8 Å². The van der Waals surface area contributed by atoms with E-state index >= 15 is 0 Å².